The molecule has 0 aliphatic rings. The molecule has 1 heterocycles. The lowest BCUT2D eigenvalue weighted by molar-refractivity contribution is -0.136. The van der Waals surface area contributed by atoms with Gasteiger partial charge in [0.05, 0.1) is 11.3 Å². The molecular formula is C16H16ClF3N4O. The molecule has 9 heteroatoms. The van der Waals surface area contributed by atoms with Crippen LogP contribution in [-0.2, 0) is 6.18 Å². The van der Waals surface area contributed by atoms with Crippen molar-refractivity contribution in [3.8, 4) is 0 Å². The maximum atomic E-state index is 13.1. The summed E-state index contributed by atoms with van der Waals surface area (Å²) in [6.45, 7) is 3.75. The lowest BCUT2D eigenvalue weighted by atomic mass is 10.1. The number of rotatable bonds is 5. The standard InChI is InChI=1S/C16H16ClF3N4O/c1-3-9(2)22-14(25)13-6-7-21-15(24-13)23-12-5-4-10(17)8-11(12)16(18,19)20/h4-9H,3H2,1-2H3,(H,22,25)(H,21,23,24). The first-order valence-corrected chi connectivity index (χ1v) is 7.86. The number of aromatic nitrogens is 2. The topological polar surface area (TPSA) is 66.9 Å². The Morgan fingerprint density at radius 1 is 1.32 bits per heavy atom. The predicted octanol–water partition coefficient (Wildman–Crippen LogP) is 4.42. The summed E-state index contributed by atoms with van der Waals surface area (Å²) in [5.74, 6) is -0.545. The minimum atomic E-state index is -4.60. The molecule has 1 aromatic carbocycles. The Kier molecular flexibility index (Phi) is 5.84. The zero-order valence-electron chi connectivity index (χ0n) is 13.5. The number of halogens is 4. The molecular weight excluding hydrogens is 357 g/mol. The van der Waals surface area contributed by atoms with Crippen molar-refractivity contribution in [2.24, 2.45) is 0 Å². The Hall–Kier alpha value is -2.35. The molecule has 134 valence electrons. The Balaban J connectivity index is 2.28. The van der Waals surface area contributed by atoms with Gasteiger partial charge in [-0.3, -0.25) is 4.79 Å². The molecule has 0 aliphatic heterocycles. The number of benzene rings is 1. The van der Waals surface area contributed by atoms with Gasteiger partial charge < -0.3 is 10.6 Å². The molecule has 25 heavy (non-hydrogen) atoms. The smallest absolute Gasteiger partial charge is 0.348 e. The summed E-state index contributed by atoms with van der Waals surface area (Å²) >= 11 is 5.64. The number of alkyl halides is 3. The van der Waals surface area contributed by atoms with Crippen LogP contribution in [0.1, 0.15) is 36.3 Å². The van der Waals surface area contributed by atoms with Crippen molar-refractivity contribution in [3.63, 3.8) is 0 Å². The first kappa shape index (κ1) is 19.0. The fourth-order valence-electron chi connectivity index (χ4n) is 1.93. The van der Waals surface area contributed by atoms with Crippen LogP contribution in [0.2, 0.25) is 5.02 Å². The highest BCUT2D eigenvalue weighted by Gasteiger charge is 2.34. The van der Waals surface area contributed by atoms with Crippen LogP contribution in [0.25, 0.3) is 0 Å². The Morgan fingerprint density at radius 2 is 2.04 bits per heavy atom. The molecule has 0 aliphatic carbocycles. The number of hydrogen-bond acceptors (Lipinski definition) is 4. The summed E-state index contributed by atoms with van der Waals surface area (Å²) in [5, 5.41) is 5.17. The Bertz CT molecular complexity index is 767. The van der Waals surface area contributed by atoms with Crippen molar-refractivity contribution < 1.29 is 18.0 Å². The van der Waals surface area contributed by atoms with E-state index in [1.165, 1.54) is 24.4 Å². The minimum absolute atomic E-state index is 0.0412. The second kappa shape index (κ2) is 7.69. The largest absolute Gasteiger partial charge is 0.418 e. The van der Waals surface area contributed by atoms with E-state index in [0.29, 0.717) is 0 Å². The number of amides is 1. The summed E-state index contributed by atoms with van der Waals surface area (Å²) in [6.07, 6.45) is -2.57. The van der Waals surface area contributed by atoms with Crippen molar-refractivity contribution in [1.82, 2.24) is 15.3 Å². The Morgan fingerprint density at radius 3 is 2.68 bits per heavy atom. The van der Waals surface area contributed by atoms with Gasteiger partial charge in [0.25, 0.3) is 5.91 Å². The van der Waals surface area contributed by atoms with Crippen molar-refractivity contribution in [2.75, 3.05) is 5.32 Å². The third-order valence-corrected chi connectivity index (χ3v) is 3.65. The predicted molar refractivity (Wildman–Crippen MR) is 89.0 cm³/mol. The highest BCUT2D eigenvalue weighted by atomic mass is 35.5. The third-order valence-electron chi connectivity index (χ3n) is 3.41. The first-order chi connectivity index (χ1) is 11.7. The molecule has 2 rings (SSSR count). The van der Waals surface area contributed by atoms with E-state index in [2.05, 4.69) is 20.6 Å². The van der Waals surface area contributed by atoms with Crippen LogP contribution in [0.5, 0.6) is 0 Å². The summed E-state index contributed by atoms with van der Waals surface area (Å²) in [4.78, 5) is 19.9. The number of anilines is 2. The number of carbonyl (C=O) groups excluding carboxylic acids is 1. The molecule has 0 bridgehead atoms. The molecule has 2 aromatic rings. The lowest BCUT2D eigenvalue weighted by Crippen LogP contribution is -2.32. The third kappa shape index (κ3) is 5.06. The van der Waals surface area contributed by atoms with E-state index < -0.39 is 17.6 Å². The van der Waals surface area contributed by atoms with Gasteiger partial charge in [0.1, 0.15) is 5.69 Å². The second-order valence-electron chi connectivity index (χ2n) is 5.36. The zero-order valence-corrected chi connectivity index (χ0v) is 14.2. The quantitative estimate of drug-likeness (QED) is 0.815. The van der Waals surface area contributed by atoms with Crippen molar-refractivity contribution >= 4 is 29.1 Å². The van der Waals surface area contributed by atoms with Crippen LogP contribution in [0.3, 0.4) is 0 Å². The fraction of sp³-hybridized carbons (Fsp3) is 0.312. The molecule has 1 amide bonds. The van der Waals surface area contributed by atoms with Crippen LogP contribution in [0.4, 0.5) is 24.8 Å². The van der Waals surface area contributed by atoms with E-state index in [4.69, 9.17) is 11.6 Å². The van der Waals surface area contributed by atoms with Crippen LogP contribution in [-0.4, -0.2) is 21.9 Å². The number of carbonyl (C=O) groups is 1. The van der Waals surface area contributed by atoms with Gasteiger partial charge in [0.15, 0.2) is 0 Å². The second-order valence-corrected chi connectivity index (χ2v) is 5.80. The number of nitrogens with zero attached hydrogens (tertiary/aromatic N) is 2. The number of nitrogens with one attached hydrogen (secondary N) is 2. The molecule has 0 fully saturated rings. The molecule has 0 saturated carbocycles. The van der Waals surface area contributed by atoms with Gasteiger partial charge in [-0.2, -0.15) is 13.2 Å². The SMILES string of the molecule is CCC(C)NC(=O)c1ccnc(Nc2ccc(Cl)cc2C(F)(F)F)n1. The molecule has 1 unspecified atom stereocenters. The van der Waals surface area contributed by atoms with Crippen LogP contribution in [0.15, 0.2) is 30.5 Å². The zero-order chi connectivity index (χ0) is 18.6. The van der Waals surface area contributed by atoms with Gasteiger partial charge in [0.2, 0.25) is 5.95 Å². The summed E-state index contributed by atoms with van der Waals surface area (Å²) in [7, 11) is 0. The molecule has 0 saturated heterocycles. The van der Waals surface area contributed by atoms with E-state index in [0.717, 1.165) is 12.5 Å². The minimum Gasteiger partial charge on any atom is -0.348 e. The van der Waals surface area contributed by atoms with Gasteiger partial charge >= 0.3 is 6.18 Å². The van der Waals surface area contributed by atoms with E-state index >= 15 is 0 Å². The molecule has 1 aromatic heterocycles. The van der Waals surface area contributed by atoms with Crippen molar-refractivity contribution in [3.05, 3.63) is 46.7 Å². The van der Waals surface area contributed by atoms with Gasteiger partial charge in [-0.15, -0.1) is 0 Å². The summed E-state index contributed by atoms with van der Waals surface area (Å²) in [5.41, 5.74) is -1.14. The summed E-state index contributed by atoms with van der Waals surface area (Å²) in [6, 6.07) is 4.64. The van der Waals surface area contributed by atoms with Crippen LogP contribution in [0, 0.1) is 0 Å². The van der Waals surface area contributed by atoms with Gasteiger partial charge in [0, 0.05) is 17.3 Å². The highest BCUT2D eigenvalue weighted by molar-refractivity contribution is 6.30. The summed E-state index contributed by atoms with van der Waals surface area (Å²) < 4.78 is 39.4. The van der Waals surface area contributed by atoms with Gasteiger partial charge in [-0.1, -0.05) is 18.5 Å². The maximum absolute atomic E-state index is 13.1. The first-order valence-electron chi connectivity index (χ1n) is 7.48. The molecule has 1 atom stereocenters. The highest BCUT2D eigenvalue weighted by Crippen LogP contribution is 2.37. The molecule has 5 nitrogen and oxygen atoms in total. The van der Waals surface area contributed by atoms with Crippen molar-refractivity contribution in [1.29, 1.82) is 0 Å². The Labute approximate surface area is 147 Å². The van der Waals surface area contributed by atoms with Gasteiger partial charge in [-0.25, -0.2) is 9.97 Å². The fourth-order valence-corrected chi connectivity index (χ4v) is 2.10. The average Bonchev–Trinajstić information content (AvgIpc) is 2.55. The lowest BCUT2D eigenvalue weighted by Gasteiger charge is -2.15. The van der Waals surface area contributed by atoms with E-state index in [1.807, 2.05) is 13.8 Å². The molecule has 0 spiro atoms. The average molecular weight is 373 g/mol. The van der Waals surface area contributed by atoms with E-state index in [-0.39, 0.29) is 28.4 Å². The number of hydrogen-bond donors (Lipinski definition) is 2. The van der Waals surface area contributed by atoms with Crippen LogP contribution >= 0.6 is 11.6 Å². The molecule has 0 radical (unpaired) electrons. The molecule has 2 N–H and O–H groups in total. The van der Waals surface area contributed by atoms with Crippen LogP contribution < -0.4 is 10.6 Å². The van der Waals surface area contributed by atoms with Gasteiger partial charge in [-0.05, 0) is 37.6 Å². The van der Waals surface area contributed by atoms with E-state index in [1.54, 1.807) is 0 Å². The normalized spacial score (nSPS) is 12.6. The van der Waals surface area contributed by atoms with E-state index in [9.17, 15) is 18.0 Å². The van der Waals surface area contributed by atoms with Crippen molar-refractivity contribution in [2.45, 2.75) is 32.5 Å². The maximum Gasteiger partial charge on any atom is 0.418 e. The monoisotopic (exact) mass is 372 g/mol.